The summed E-state index contributed by atoms with van der Waals surface area (Å²) in [6.45, 7) is 1.40. The third-order valence-electron chi connectivity index (χ3n) is 6.33. The second-order valence-corrected chi connectivity index (χ2v) is 9.47. The maximum absolute atomic E-state index is 13.6. The number of fused-ring (bicyclic) bond motifs is 1. The normalized spacial score (nSPS) is 20.4. The Morgan fingerprint density at radius 3 is 2.41 bits per heavy atom. The third kappa shape index (κ3) is 3.92. The first-order valence-corrected chi connectivity index (χ1v) is 11.7. The summed E-state index contributed by atoms with van der Waals surface area (Å²) in [7, 11) is 0. The number of nitrogens with zero attached hydrogens (tertiary/aromatic N) is 1. The fourth-order valence-corrected chi connectivity index (χ4v) is 5.66. The zero-order valence-corrected chi connectivity index (χ0v) is 19.0. The van der Waals surface area contributed by atoms with Crippen LogP contribution < -0.4 is 10.2 Å². The van der Waals surface area contributed by atoms with Gasteiger partial charge in [0, 0.05) is 35.4 Å². The number of Topliss-reactive ketones (excluding diaryl/α,β-unsaturated/α-hetero) is 1. The van der Waals surface area contributed by atoms with E-state index in [-0.39, 0.29) is 24.0 Å². The lowest BCUT2D eigenvalue weighted by molar-refractivity contribution is -0.137. The molecule has 34 heavy (non-hydrogen) atoms. The van der Waals surface area contributed by atoms with Crippen LogP contribution in [0.4, 0.5) is 24.5 Å². The fraction of sp³-hybridized carbons (Fsp3) is 0.231. The maximum atomic E-state index is 13.6. The van der Waals surface area contributed by atoms with E-state index in [0.29, 0.717) is 34.6 Å². The number of amides is 1. The van der Waals surface area contributed by atoms with Gasteiger partial charge in [-0.3, -0.25) is 14.5 Å². The summed E-state index contributed by atoms with van der Waals surface area (Å²) in [5.74, 6) is -0.416. The number of hydrogen-bond donors (Lipinski definition) is 1. The first-order chi connectivity index (χ1) is 16.2. The smallest absolute Gasteiger partial charge is 0.357 e. The molecule has 1 N–H and O–H groups in total. The van der Waals surface area contributed by atoms with Crippen LogP contribution in [-0.2, 0) is 15.8 Å². The maximum Gasteiger partial charge on any atom is 0.416 e. The van der Waals surface area contributed by atoms with E-state index in [1.807, 2.05) is 29.6 Å². The van der Waals surface area contributed by atoms with E-state index in [1.165, 1.54) is 24.0 Å². The predicted octanol–water partition coefficient (Wildman–Crippen LogP) is 6.69. The molecule has 1 aliphatic carbocycles. The summed E-state index contributed by atoms with van der Waals surface area (Å²) in [5.41, 5.74) is 2.07. The number of anilines is 2. The highest BCUT2D eigenvalue weighted by Gasteiger charge is 2.41. The van der Waals surface area contributed by atoms with Crippen molar-refractivity contribution in [1.82, 2.24) is 0 Å². The molecule has 1 aliphatic heterocycles. The van der Waals surface area contributed by atoms with Gasteiger partial charge in [-0.05, 0) is 47.7 Å². The van der Waals surface area contributed by atoms with Crippen molar-refractivity contribution in [2.75, 3.05) is 10.2 Å². The zero-order chi connectivity index (χ0) is 24.0. The lowest BCUT2D eigenvalue weighted by atomic mass is 9.80. The van der Waals surface area contributed by atoms with Crippen LogP contribution in [0, 0.1) is 0 Å². The van der Waals surface area contributed by atoms with Gasteiger partial charge in [0.1, 0.15) is 0 Å². The van der Waals surface area contributed by atoms with Crippen molar-refractivity contribution in [3.05, 3.63) is 93.3 Å². The Bertz CT molecular complexity index is 1280. The second kappa shape index (κ2) is 8.43. The number of carbonyl (C=O) groups excluding carboxylic acids is 2. The standard InChI is InChI=1S/C26H21F3N2O2S/c1-15(32)31-21-6-3-2-5-19(21)30-20-13-17(23-7-4-12-34-23)14-22(33)24(20)25(31)16-8-10-18(11-9-16)26(27,28)29/h2-12,17,25,30H,13-14H2,1H3/t17-,25-/m0/s1. The van der Waals surface area contributed by atoms with Gasteiger partial charge < -0.3 is 5.32 Å². The molecule has 174 valence electrons. The molecule has 1 amide bonds. The van der Waals surface area contributed by atoms with Crippen LogP contribution in [0.25, 0.3) is 0 Å². The van der Waals surface area contributed by atoms with Gasteiger partial charge in [-0.1, -0.05) is 30.3 Å². The van der Waals surface area contributed by atoms with Gasteiger partial charge in [0.05, 0.1) is 23.0 Å². The van der Waals surface area contributed by atoms with Crippen LogP contribution in [0.1, 0.15) is 47.7 Å². The highest BCUT2D eigenvalue weighted by atomic mass is 32.1. The van der Waals surface area contributed by atoms with Gasteiger partial charge >= 0.3 is 6.18 Å². The molecule has 2 atom stereocenters. The molecular weight excluding hydrogens is 461 g/mol. The highest BCUT2D eigenvalue weighted by Crippen LogP contribution is 2.48. The van der Waals surface area contributed by atoms with Crippen LogP contribution in [0.15, 0.2) is 77.3 Å². The van der Waals surface area contributed by atoms with Gasteiger partial charge in [0.25, 0.3) is 0 Å². The van der Waals surface area contributed by atoms with Crippen LogP contribution in [0.3, 0.4) is 0 Å². The van der Waals surface area contributed by atoms with Gasteiger partial charge in [-0.15, -0.1) is 11.3 Å². The number of rotatable bonds is 2. The fourth-order valence-electron chi connectivity index (χ4n) is 4.83. The summed E-state index contributed by atoms with van der Waals surface area (Å²) >= 11 is 1.59. The molecule has 0 saturated carbocycles. The van der Waals surface area contributed by atoms with Crippen molar-refractivity contribution in [3.8, 4) is 0 Å². The number of nitrogens with one attached hydrogen (secondary N) is 1. The van der Waals surface area contributed by atoms with Crippen molar-refractivity contribution in [1.29, 1.82) is 0 Å². The van der Waals surface area contributed by atoms with E-state index in [4.69, 9.17) is 0 Å². The monoisotopic (exact) mass is 482 g/mol. The zero-order valence-electron chi connectivity index (χ0n) is 18.2. The molecule has 0 bridgehead atoms. The summed E-state index contributed by atoms with van der Waals surface area (Å²) in [6.07, 6.45) is -3.63. The Balaban J connectivity index is 1.69. The largest absolute Gasteiger partial charge is 0.416 e. The number of ketones is 1. The van der Waals surface area contributed by atoms with Crippen molar-refractivity contribution in [2.24, 2.45) is 0 Å². The number of carbonyl (C=O) groups is 2. The van der Waals surface area contributed by atoms with E-state index < -0.39 is 17.8 Å². The summed E-state index contributed by atoms with van der Waals surface area (Å²) < 4.78 is 39.6. The Morgan fingerprint density at radius 2 is 1.76 bits per heavy atom. The van der Waals surface area contributed by atoms with Gasteiger partial charge in [0.2, 0.25) is 5.91 Å². The van der Waals surface area contributed by atoms with Crippen LogP contribution in [0.5, 0.6) is 0 Å². The average Bonchev–Trinajstić information content (AvgIpc) is 3.28. The first-order valence-electron chi connectivity index (χ1n) is 10.9. The molecule has 0 fully saturated rings. The molecule has 0 saturated heterocycles. The van der Waals surface area contributed by atoms with Crippen molar-refractivity contribution >= 4 is 34.4 Å². The number of thiophene rings is 1. The number of para-hydroxylation sites is 2. The molecule has 0 unspecified atom stereocenters. The Labute approximate surface area is 198 Å². The van der Waals surface area contributed by atoms with E-state index in [1.54, 1.807) is 23.5 Å². The number of allylic oxidation sites excluding steroid dienone is 1. The summed E-state index contributed by atoms with van der Waals surface area (Å²) in [5, 5.41) is 5.37. The topological polar surface area (TPSA) is 49.4 Å². The molecule has 3 aromatic rings. The van der Waals surface area contributed by atoms with E-state index in [2.05, 4.69) is 5.32 Å². The minimum Gasteiger partial charge on any atom is -0.357 e. The molecule has 0 spiro atoms. The highest BCUT2D eigenvalue weighted by molar-refractivity contribution is 7.10. The van der Waals surface area contributed by atoms with Gasteiger partial charge in [0.15, 0.2) is 5.78 Å². The number of alkyl halides is 3. The minimum absolute atomic E-state index is 0.00282. The molecule has 2 aliphatic rings. The van der Waals surface area contributed by atoms with E-state index in [0.717, 1.165) is 17.0 Å². The number of benzene rings is 2. The van der Waals surface area contributed by atoms with E-state index in [9.17, 15) is 22.8 Å². The Morgan fingerprint density at radius 1 is 1.03 bits per heavy atom. The minimum atomic E-state index is -4.48. The molecule has 0 radical (unpaired) electrons. The Kier molecular flexibility index (Phi) is 5.56. The van der Waals surface area contributed by atoms with Gasteiger partial charge in [-0.2, -0.15) is 13.2 Å². The lowest BCUT2D eigenvalue weighted by Gasteiger charge is -2.34. The van der Waals surface area contributed by atoms with Crippen molar-refractivity contribution in [3.63, 3.8) is 0 Å². The third-order valence-corrected chi connectivity index (χ3v) is 7.36. The SMILES string of the molecule is CC(=O)N1c2ccccc2NC2=C(C(=O)C[C@@H](c3cccs3)C2)[C@@H]1c1ccc(C(F)(F)F)cc1. The Hall–Kier alpha value is -3.39. The second-order valence-electron chi connectivity index (χ2n) is 8.49. The van der Waals surface area contributed by atoms with Crippen molar-refractivity contribution < 1.29 is 22.8 Å². The molecule has 2 aromatic carbocycles. The molecule has 4 nitrogen and oxygen atoms in total. The molecule has 5 rings (SSSR count). The van der Waals surface area contributed by atoms with Crippen LogP contribution >= 0.6 is 11.3 Å². The number of halogens is 3. The summed E-state index contributed by atoms with van der Waals surface area (Å²) in [6, 6.07) is 15.1. The van der Waals surface area contributed by atoms with Crippen molar-refractivity contribution in [2.45, 2.75) is 37.9 Å². The number of hydrogen-bond acceptors (Lipinski definition) is 4. The first kappa shape index (κ1) is 22.4. The lowest BCUT2D eigenvalue weighted by Crippen LogP contribution is -2.37. The molecule has 1 aromatic heterocycles. The van der Waals surface area contributed by atoms with Crippen LogP contribution in [-0.4, -0.2) is 11.7 Å². The predicted molar refractivity (Wildman–Crippen MR) is 126 cm³/mol. The molecule has 2 heterocycles. The molecule has 8 heteroatoms. The van der Waals surface area contributed by atoms with E-state index >= 15 is 0 Å². The average molecular weight is 483 g/mol. The molecular formula is C26H21F3N2O2S. The quantitative estimate of drug-likeness (QED) is 0.443. The van der Waals surface area contributed by atoms with Gasteiger partial charge in [-0.25, -0.2) is 0 Å². The van der Waals surface area contributed by atoms with Crippen LogP contribution in [0.2, 0.25) is 0 Å². The summed E-state index contributed by atoms with van der Waals surface area (Å²) in [4.78, 5) is 29.2.